The highest BCUT2D eigenvalue weighted by molar-refractivity contribution is 6.35. The van der Waals surface area contributed by atoms with Crippen molar-refractivity contribution >= 4 is 29.9 Å². The number of furan rings is 1. The lowest BCUT2D eigenvalue weighted by atomic mass is 10.1. The Labute approximate surface area is 152 Å². The van der Waals surface area contributed by atoms with Gasteiger partial charge in [0.1, 0.15) is 17.6 Å². The van der Waals surface area contributed by atoms with Crippen molar-refractivity contribution in [2.24, 2.45) is 0 Å². The van der Waals surface area contributed by atoms with Crippen LogP contribution < -0.4 is 10.1 Å². The molecule has 0 saturated heterocycles. The Hall–Kier alpha value is -1.69. The van der Waals surface area contributed by atoms with Crippen LogP contribution in [0.2, 0.25) is 5.02 Å². The Morgan fingerprint density at radius 1 is 1.42 bits per heavy atom. The van der Waals surface area contributed by atoms with Gasteiger partial charge in [-0.05, 0) is 25.2 Å². The summed E-state index contributed by atoms with van der Waals surface area (Å²) in [6.07, 6.45) is 2.36. The Morgan fingerprint density at radius 3 is 2.96 bits per heavy atom. The maximum Gasteiger partial charge on any atom is 0.252 e. The number of hydrogen-bond acceptors (Lipinski definition) is 4. The molecule has 0 spiro atoms. The molecule has 1 aliphatic heterocycles. The van der Waals surface area contributed by atoms with Crippen LogP contribution in [-0.4, -0.2) is 31.4 Å². The topological polar surface area (TPSA) is 54.7 Å². The lowest BCUT2D eigenvalue weighted by Crippen LogP contribution is -2.19. The molecule has 1 N–H and O–H groups in total. The van der Waals surface area contributed by atoms with E-state index in [9.17, 15) is 4.79 Å². The fourth-order valence-corrected chi connectivity index (χ4v) is 3.03. The molecule has 7 heteroatoms. The monoisotopic (exact) mass is 370 g/mol. The van der Waals surface area contributed by atoms with E-state index < -0.39 is 0 Å². The fraction of sp³-hybridized carbons (Fsp3) is 0.353. The normalized spacial score (nSPS) is 17.4. The van der Waals surface area contributed by atoms with Gasteiger partial charge in [0.05, 0.1) is 23.4 Å². The molecule has 5 nitrogen and oxygen atoms in total. The summed E-state index contributed by atoms with van der Waals surface area (Å²) < 4.78 is 11.7. The molecule has 130 valence electrons. The number of fused-ring (bicyclic) bond motifs is 1. The molecule has 1 unspecified atom stereocenters. The van der Waals surface area contributed by atoms with Gasteiger partial charge in [-0.2, -0.15) is 0 Å². The molecule has 0 bridgehead atoms. The minimum absolute atomic E-state index is 0. The van der Waals surface area contributed by atoms with E-state index in [0.29, 0.717) is 16.3 Å². The van der Waals surface area contributed by atoms with Gasteiger partial charge in [-0.1, -0.05) is 17.7 Å². The zero-order valence-electron chi connectivity index (χ0n) is 13.5. The minimum Gasteiger partial charge on any atom is -0.484 e. The molecule has 0 saturated carbocycles. The largest absolute Gasteiger partial charge is 0.484 e. The molecule has 1 atom stereocenters. The van der Waals surface area contributed by atoms with Gasteiger partial charge in [-0.3, -0.25) is 9.69 Å². The lowest BCUT2D eigenvalue weighted by molar-refractivity contribution is 0.0962. The second kappa shape index (κ2) is 7.92. The summed E-state index contributed by atoms with van der Waals surface area (Å²) in [5.74, 6) is 1.19. The maximum absolute atomic E-state index is 11.9. The second-order valence-corrected chi connectivity index (χ2v) is 6.01. The number of rotatable bonds is 3. The summed E-state index contributed by atoms with van der Waals surface area (Å²) in [6, 6.07) is 7.17. The molecule has 1 aliphatic rings. The molecule has 0 fully saturated rings. The third kappa shape index (κ3) is 3.69. The van der Waals surface area contributed by atoms with Crippen molar-refractivity contribution in [1.29, 1.82) is 0 Å². The average Bonchev–Trinajstić information content (AvgIpc) is 2.94. The molecule has 1 aromatic carbocycles. The Kier molecular flexibility index (Phi) is 6.15. The average molecular weight is 371 g/mol. The van der Waals surface area contributed by atoms with E-state index in [2.05, 4.69) is 10.2 Å². The Morgan fingerprint density at radius 2 is 2.21 bits per heavy atom. The lowest BCUT2D eigenvalue weighted by Gasteiger charge is -2.19. The minimum atomic E-state index is -0.231. The molecule has 1 amide bonds. The van der Waals surface area contributed by atoms with Crippen LogP contribution in [0.15, 0.2) is 34.9 Å². The molecule has 2 aromatic rings. The summed E-state index contributed by atoms with van der Waals surface area (Å²) in [5, 5.41) is 2.91. The highest BCUT2D eigenvalue weighted by Crippen LogP contribution is 2.35. The number of halogens is 2. The van der Waals surface area contributed by atoms with Crippen LogP contribution in [-0.2, 0) is 6.54 Å². The first-order valence-corrected chi connectivity index (χ1v) is 7.90. The Bertz CT molecular complexity index is 718. The van der Waals surface area contributed by atoms with Crippen LogP contribution in [0.5, 0.6) is 5.75 Å². The first-order valence-electron chi connectivity index (χ1n) is 7.52. The zero-order chi connectivity index (χ0) is 16.4. The first kappa shape index (κ1) is 18.6. The van der Waals surface area contributed by atoms with Crippen molar-refractivity contribution in [2.45, 2.75) is 19.1 Å². The van der Waals surface area contributed by atoms with Gasteiger partial charge in [-0.15, -0.1) is 12.4 Å². The van der Waals surface area contributed by atoms with Crippen molar-refractivity contribution in [3.8, 4) is 5.75 Å². The molecule has 2 heterocycles. The number of nitrogens with one attached hydrogen (secondary N) is 1. The van der Waals surface area contributed by atoms with E-state index in [1.54, 1.807) is 31.5 Å². The van der Waals surface area contributed by atoms with Crippen molar-refractivity contribution in [3.05, 3.63) is 52.4 Å². The van der Waals surface area contributed by atoms with Crippen molar-refractivity contribution in [1.82, 2.24) is 10.2 Å². The quantitative estimate of drug-likeness (QED) is 0.895. The SMILES string of the molecule is CNC(=O)c1cccc(OC2CCN(C)Cc3occc32)c1Cl.Cl. The molecule has 1 aromatic heterocycles. The van der Waals surface area contributed by atoms with Gasteiger partial charge in [-0.25, -0.2) is 0 Å². The van der Waals surface area contributed by atoms with Gasteiger partial charge >= 0.3 is 0 Å². The van der Waals surface area contributed by atoms with Crippen LogP contribution in [0.25, 0.3) is 0 Å². The molecule has 0 radical (unpaired) electrons. The molecule has 24 heavy (non-hydrogen) atoms. The van der Waals surface area contributed by atoms with Crippen molar-refractivity contribution in [3.63, 3.8) is 0 Å². The zero-order valence-corrected chi connectivity index (χ0v) is 15.1. The van der Waals surface area contributed by atoms with Gasteiger partial charge in [0.15, 0.2) is 0 Å². The van der Waals surface area contributed by atoms with E-state index in [1.807, 2.05) is 13.1 Å². The number of hydrogen-bond donors (Lipinski definition) is 1. The summed E-state index contributed by atoms with van der Waals surface area (Å²) in [6.45, 7) is 1.65. The van der Waals surface area contributed by atoms with Crippen LogP contribution in [0.1, 0.15) is 34.2 Å². The van der Waals surface area contributed by atoms with Crippen LogP contribution in [0.4, 0.5) is 0 Å². The number of ether oxygens (including phenoxy) is 1. The highest BCUT2D eigenvalue weighted by atomic mass is 35.5. The maximum atomic E-state index is 11.9. The molecule has 3 rings (SSSR count). The molecular formula is C17H20Cl2N2O3. The summed E-state index contributed by atoms with van der Waals surface area (Å²) in [5.41, 5.74) is 1.44. The van der Waals surface area contributed by atoms with E-state index in [1.165, 1.54) is 0 Å². The number of carbonyl (C=O) groups excluding carboxylic acids is 1. The highest BCUT2D eigenvalue weighted by Gasteiger charge is 2.26. The van der Waals surface area contributed by atoms with Gasteiger partial charge < -0.3 is 14.5 Å². The number of carbonyl (C=O) groups is 1. The summed E-state index contributed by atoms with van der Waals surface area (Å²) >= 11 is 6.35. The van der Waals surface area contributed by atoms with Crippen LogP contribution >= 0.6 is 24.0 Å². The molecular weight excluding hydrogens is 351 g/mol. The van der Waals surface area contributed by atoms with Crippen LogP contribution in [0.3, 0.4) is 0 Å². The van der Waals surface area contributed by atoms with E-state index in [4.69, 9.17) is 20.8 Å². The summed E-state index contributed by atoms with van der Waals surface area (Å²) in [4.78, 5) is 14.0. The second-order valence-electron chi connectivity index (χ2n) is 5.63. The number of nitrogens with zero attached hydrogens (tertiary/aromatic N) is 1. The number of amides is 1. The van der Waals surface area contributed by atoms with Crippen molar-refractivity contribution in [2.75, 3.05) is 20.6 Å². The number of benzene rings is 1. The van der Waals surface area contributed by atoms with Crippen LogP contribution in [0, 0.1) is 0 Å². The fourth-order valence-electron chi connectivity index (χ4n) is 2.77. The predicted octanol–water partition coefficient (Wildman–Crippen LogP) is 3.67. The van der Waals surface area contributed by atoms with E-state index >= 15 is 0 Å². The third-order valence-electron chi connectivity index (χ3n) is 4.02. The Balaban J connectivity index is 0.00000208. The van der Waals surface area contributed by atoms with Gasteiger partial charge in [0.2, 0.25) is 0 Å². The van der Waals surface area contributed by atoms with Gasteiger partial charge in [0.25, 0.3) is 5.91 Å². The first-order chi connectivity index (χ1) is 11.1. The smallest absolute Gasteiger partial charge is 0.252 e. The molecule has 0 aliphatic carbocycles. The van der Waals surface area contributed by atoms with E-state index in [-0.39, 0.29) is 24.4 Å². The van der Waals surface area contributed by atoms with E-state index in [0.717, 1.165) is 30.8 Å². The summed E-state index contributed by atoms with van der Waals surface area (Å²) in [7, 11) is 3.62. The standard InChI is InChI=1S/C17H19ClN2O3.ClH/c1-19-17(21)12-4-3-5-14(16(12)18)23-13-6-8-20(2)10-15-11(13)7-9-22-15;/h3-5,7,9,13H,6,8,10H2,1-2H3,(H,19,21);1H. The predicted molar refractivity (Wildman–Crippen MR) is 95.1 cm³/mol. The van der Waals surface area contributed by atoms with Gasteiger partial charge in [0, 0.05) is 25.6 Å². The van der Waals surface area contributed by atoms with Crippen molar-refractivity contribution < 1.29 is 13.9 Å². The third-order valence-corrected chi connectivity index (χ3v) is 4.41.